The van der Waals surface area contributed by atoms with Crippen LogP contribution in [0, 0.1) is 13.8 Å². The molecule has 0 aliphatic rings. The Morgan fingerprint density at radius 1 is 1.50 bits per heavy atom. The summed E-state index contributed by atoms with van der Waals surface area (Å²) in [7, 11) is 0. The largest absolute Gasteiger partial charge is 0.461 e. The number of aryl methyl sites for hydroxylation is 2. The molecule has 0 aliphatic carbocycles. The van der Waals surface area contributed by atoms with Crippen molar-refractivity contribution in [1.29, 1.82) is 0 Å². The Balaban J connectivity index is 2.16. The first kappa shape index (κ1) is 15.0. The van der Waals surface area contributed by atoms with Crippen molar-refractivity contribution in [2.75, 3.05) is 11.9 Å². The molecule has 2 rings (SSSR count). The normalized spacial score (nSPS) is 12.2. The predicted octanol–water partition coefficient (Wildman–Crippen LogP) is 4.17. The highest BCUT2D eigenvalue weighted by atomic mass is 32.1. The van der Waals surface area contributed by atoms with E-state index >= 15 is 0 Å². The number of aromatic nitrogens is 1. The molecular weight excluding hydrogens is 292 g/mol. The maximum absolute atomic E-state index is 11.8. The molecular formula is C14H18N2O2S2. The van der Waals surface area contributed by atoms with E-state index in [9.17, 15) is 4.79 Å². The zero-order chi connectivity index (χ0) is 14.7. The molecule has 0 saturated heterocycles. The average molecular weight is 310 g/mol. The van der Waals surface area contributed by atoms with Crippen molar-refractivity contribution in [3.63, 3.8) is 0 Å². The van der Waals surface area contributed by atoms with Gasteiger partial charge in [0.2, 0.25) is 0 Å². The summed E-state index contributed by atoms with van der Waals surface area (Å²) in [6.07, 6.45) is 0. The van der Waals surface area contributed by atoms with Gasteiger partial charge in [-0.05, 0) is 39.3 Å². The molecule has 0 fully saturated rings. The molecule has 0 bridgehead atoms. The van der Waals surface area contributed by atoms with E-state index in [4.69, 9.17) is 4.74 Å². The summed E-state index contributed by atoms with van der Waals surface area (Å²) in [4.78, 5) is 18.5. The van der Waals surface area contributed by atoms with Gasteiger partial charge in [0.1, 0.15) is 5.00 Å². The van der Waals surface area contributed by atoms with Crippen LogP contribution in [-0.4, -0.2) is 17.6 Å². The molecule has 6 heteroatoms. The first-order valence-corrected chi connectivity index (χ1v) is 8.16. The van der Waals surface area contributed by atoms with Crippen LogP contribution in [0.15, 0.2) is 11.6 Å². The van der Waals surface area contributed by atoms with Crippen LogP contribution in [0.2, 0.25) is 0 Å². The van der Waals surface area contributed by atoms with E-state index in [0.29, 0.717) is 12.3 Å². The number of thiophene rings is 1. The number of hydrogen-bond donors (Lipinski definition) is 1. The second-order valence-corrected chi connectivity index (χ2v) is 6.80. The monoisotopic (exact) mass is 310 g/mol. The Labute approximate surface area is 126 Å². The second-order valence-electron chi connectivity index (χ2n) is 4.49. The highest BCUT2D eigenvalue weighted by molar-refractivity contribution is 7.14. The van der Waals surface area contributed by atoms with E-state index in [-0.39, 0.29) is 12.0 Å². The minimum absolute atomic E-state index is 0.133. The van der Waals surface area contributed by atoms with E-state index < -0.39 is 0 Å². The molecule has 0 aliphatic heterocycles. The van der Waals surface area contributed by atoms with E-state index in [1.54, 1.807) is 23.8 Å². The number of esters is 1. The fraction of sp³-hybridized carbons (Fsp3) is 0.429. The maximum Gasteiger partial charge on any atom is 0.360 e. The Morgan fingerprint density at radius 3 is 2.85 bits per heavy atom. The number of nitrogens with one attached hydrogen (secondary N) is 1. The van der Waals surface area contributed by atoms with Gasteiger partial charge in [-0.3, -0.25) is 0 Å². The van der Waals surface area contributed by atoms with Gasteiger partial charge in [-0.25, -0.2) is 9.78 Å². The summed E-state index contributed by atoms with van der Waals surface area (Å²) in [6.45, 7) is 8.45. The molecule has 20 heavy (non-hydrogen) atoms. The van der Waals surface area contributed by atoms with E-state index in [0.717, 1.165) is 5.00 Å². The standard InChI is InChI=1S/C14H18N2O2S2/c1-5-18-14(17)12-13(19-7-15-12)16-9(3)11-6-8(2)20-10(11)4/h6-7,9,16H,5H2,1-4H3. The molecule has 2 heterocycles. The minimum atomic E-state index is -0.373. The zero-order valence-corrected chi connectivity index (χ0v) is 13.7. The van der Waals surface area contributed by atoms with Crippen molar-refractivity contribution in [3.8, 4) is 0 Å². The number of hydrogen-bond acceptors (Lipinski definition) is 6. The third-order valence-electron chi connectivity index (χ3n) is 2.93. The van der Waals surface area contributed by atoms with Crippen LogP contribution in [0.4, 0.5) is 5.00 Å². The topological polar surface area (TPSA) is 51.2 Å². The summed E-state index contributed by atoms with van der Waals surface area (Å²) >= 11 is 3.20. The van der Waals surface area contributed by atoms with Crippen molar-refractivity contribution in [1.82, 2.24) is 4.98 Å². The highest BCUT2D eigenvalue weighted by Gasteiger charge is 2.19. The number of nitrogens with zero attached hydrogens (tertiary/aromatic N) is 1. The van der Waals surface area contributed by atoms with Crippen LogP contribution >= 0.6 is 22.7 Å². The van der Waals surface area contributed by atoms with Gasteiger partial charge < -0.3 is 10.1 Å². The Morgan fingerprint density at radius 2 is 2.25 bits per heavy atom. The fourth-order valence-corrected chi connectivity index (χ4v) is 3.83. The molecule has 0 amide bonds. The molecule has 1 atom stereocenters. The van der Waals surface area contributed by atoms with Crippen LogP contribution in [-0.2, 0) is 4.74 Å². The van der Waals surface area contributed by atoms with Crippen LogP contribution in [0.3, 0.4) is 0 Å². The number of carbonyl (C=O) groups is 1. The molecule has 2 aromatic rings. The van der Waals surface area contributed by atoms with Crippen LogP contribution in [0.1, 0.15) is 45.7 Å². The summed E-state index contributed by atoms with van der Waals surface area (Å²) < 4.78 is 5.01. The van der Waals surface area contributed by atoms with Gasteiger partial charge in [-0.15, -0.1) is 22.7 Å². The average Bonchev–Trinajstić information content (AvgIpc) is 2.96. The Kier molecular flexibility index (Phi) is 4.77. The van der Waals surface area contributed by atoms with Gasteiger partial charge >= 0.3 is 5.97 Å². The molecule has 108 valence electrons. The van der Waals surface area contributed by atoms with Gasteiger partial charge in [0, 0.05) is 9.75 Å². The smallest absolute Gasteiger partial charge is 0.360 e. The predicted molar refractivity (Wildman–Crippen MR) is 83.9 cm³/mol. The van der Waals surface area contributed by atoms with E-state index in [2.05, 4.69) is 37.1 Å². The van der Waals surface area contributed by atoms with Crippen molar-refractivity contribution in [2.24, 2.45) is 0 Å². The summed E-state index contributed by atoms with van der Waals surface area (Å²) in [5.74, 6) is -0.373. The van der Waals surface area contributed by atoms with Gasteiger partial charge in [-0.2, -0.15) is 0 Å². The minimum Gasteiger partial charge on any atom is -0.461 e. The SMILES string of the molecule is CCOC(=O)c1ncsc1NC(C)c1cc(C)sc1C. The Hall–Kier alpha value is -1.40. The molecule has 0 aromatic carbocycles. The van der Waals surface area contributed by atoms with Crippen molar-refractivity contribution in [2.45, 2.75) is 33.7 Å². The molecule has 4 nitrogen and oxygen atoms in total. The summed E-state index contributed by atoms with van der Waals surface area (Å²) in [5, 5.41) is 4.13. The van der Waals surface area contributed by atoms with Crippen LogP contribution < -0.4 is 5.32 Å². The molecule has 1 N–H and O–H groups in total. The van der Waals surface area contributed by atoms with Crippen LogP contribution in [0.5, 0.6) is 0 Å². The lowest BCUT2D eigenvalue weighted by Gasteiger charge is -2.14. The molecule has 0 saturated carbocycles. The number of ether oxygens (including phenoxy) is 1. The quantitative estimate of drug-likeness (QED) is 0.842. The van der Waals surface area contributed by atoms with Crippen molar-refractivity contribution in [3.05, 3.63) is 32.6 Å². The van der Waals surface area contributed by atoms with Crippen LogP contribution in [0.25, 0.3) is 0 Å². The molecule has 0 radical (unpaired) electrons. The first-order chi connectivity index (χ1) is 9.52. The number of carbonyl (C=O) groups excluding carboxylic acids is 1. The van der Waals surface area contributed by atoms with Gasteiger partial charge in [0.25, 0.3) is 0 Å². The summed E-state index contributed by atoms with van der Waals surface area (Å²) in [6, 6.07) is 2.32. The van der Waals surface area contributed by atoms with Gasteiger partial charge in [0.15, 0.2) is 5.69 Å². The van der Waals surface area contributed by atoms with Crippen molar-refractivity contribution >= 4 is 33.6 Å². The number of anilines is 1. The number of thiazole rings is 1. The lowest BCUT2D eigenvalue weighted by molar-refractivity contribution is 0.0521. The molecule has 0 spiro atoms. The van der Waals surface area contributed by atoms with Gasteiger partial charge in [-0.1, -0.05) is 0 Å². The van der Waals surface area contributed by atoms with Crippen molar-refractivity contribution < 1.29 is 9.53 Å². The third kappa shape index (κ3) is 3.19. The third-order valence-corrected chi connectivity index (χ3v) is 4.67. The molecule has 1 unspecified atom stereocenters. The highest BCUT2D eigenvalue weighted by Crippen LogP contribution is 2.31. The zero-order valence-electron chi connectivity index (χ0n) is 12.0. The maximum atomic E-state index is 11.8. The second kappa shape index (κ2) is 6.37. The fourth-order valence-electron chi connectivity index (χ4n) is 2.05. The van der Waals surface area contributed by atoms with E-state index in [1.165, 1.54) is 26.7 Å². The lowest BCUT2D eigenvalue weighted by atomic mass is 10.1. The number of rotatable bonds is 5. The Bertz CT molecular complexity index is 604. The first-order valence-electron chi connectivity index (χ1n) is 6.47. The lowest BCUT2D eigenvalue weighted by Crippen LogP contribution is -2.11. The van der Waals surface area contributed by atoms with E-state index in [1.807, 2.05) is 0 Å². The van der Waals surface area contributed by atoms with Gasteiger partial charge in [0.05, 0.1) is 18.2 Å². The molecule has 2 aromatic heterocycles. The summed E-state index contributed by atoms with van der Waals surface area (Å²) in [5.41, 5.74) is 3.29.